The van der Waals surface area contributed by atoms with Gasteiger partial charge in [-0.15, -0.1) is 0 Å². The van der Waals surface area contributed by atoms with Crippen LogP contribution in [0.4, 0.5) is 0 Å². The summed E-state index contributed by atoms with van der Waals surface area (Å²) in [6.45, 7) is 4.91. The number of benzene rings is 2. The number of fused-ring (bicyclic) bond motifs is 1. The van der Waals surface area contributed by atoms with Crippen LogP contribution < -0.4 is 10.0 Å². The number of nitrogens with one attached hydrogen (secondary N) is 2. The van der Waals surface area contributed by atoms with Crippen molar-refractivity contribution in [2.75, 3.05) is 13.2 Å². The molecule has 3 aromatic rings. The molecular weight excluding hydrogens is 442 g/mol. The van der Waals surface area contributed by atoms with Gasteiger partial charge in [0.25, 0.3) is 0 Å². The summed E-state index contributed by atoms with van der Waals surface area (Å²) in [7, 11) is -4.00. The van der Waals surface area contributed by atoms with Crippen LogP contribution in [-0.2, 0) is 30.8 Å². The maximum absolute atomic E-state index is 12.9. The Morgan fingerprint density at radius 3 is 2.55 bits per heavy atom. The molecular formula is C24H25N3O5S. The number of rotatable bonds is 10. The lowest BCUT2D eigenvalue weighted by Gasteiger charge is -2.18. The Bertz CT molecular complexity index is 1260. The minimum atomic E-state index is -4.00. The molecule has 0 saturated heterocycles. The molecule has 2 aromatic carbocycles. The third kappa shape index (κ3) is 6.71. The van der Waals surface area contributed by atoms with Crippen molar-refractivity contribution in [2.45, 2.75) is 24.3 Å². The normalized spacial score (nSPS) is 12.2. The highest BCUT2D eigenvalue weighted by atomic mass is 32.2. The number of aryl methyl sites for hydroxylation is 1. The summed E-state index contributed by atoms with van der Waals surface area (Å²) < 4.78 is 33.1. The van der Waals surface area contributed by atoms with Crippen molar-refractivity contribution in [3.8, 4) is 0 Å². The molecule has 0 saturated carbocycles. The second kappa shape index (κ2) is 10.8. The van der Waals surface area contributed by atoms with E-state index in [4.69, 9.17) is 4.74 Å². The fourth-order valence-electron chi connectivity index (χ4n) is 3.08. The summed E-state index contributed by atoms with van der Waals surface area (Å²) >= 11 is 0. The highest BCUT2D eigenvalue weighted by Gasteiger charge is 2.27. The monoisotopic (exact) mass is 467 g/mol. The number of sulfonamides is 1. The molecule has 1 unspecified atom stereocenters. The zero-order valence-electron chi connectivity index (χ0n) is 18.2. The first-order valence-corrected chi connectivity index (χ1v) is 11.7. The van der Waals surface area contributed by atoms with Gasteiger partial charge in [-0.1, -0.05) is 54.6 Å². The molecule has 0 aliphatic heterocycles. The van der Waals surface area contributed by atoms with E-state index in [-0.39, 0.29) is 17.9 Å². The number of hydrogen-bond donors (Lipinski definition) is 2. The highest BCUT2D eigenvalue weighted by molar-refractivity contribution is 7.89. The molecule has 2 N–H and O–H groups in total. The Labute approximate surface area is 192 Å². The third-order valence-electron chi connectivity index (χ3n) is 4.78. The molecule has 8 nitrogen and oxygen atoms in total. The van der Waals surface area contributed by atoms with Gasteiger partial charge in [0, 0.05) is 17.5 Å². The van der Waals surface area contributed by atoms with E-state index in [2.05, 4.69) is 21.6 Å². The molecule has 33 heavy (non-hydrogen) atoms. The lowest BCUT2D eigenvalue weighted by atomic mass is 10.1. The van der Waals surface area contributed by atoms with Crippen LogP contribution in [0.3, 0.4) is 0 Å². The number of amides is 1. The molecule has 1 atom stereocenters. The van der Waals surface area contributed by atoms with Crippen molar-refractivity contribution >= 4 is 32.8 Å². The Morgan fingerprint density at radius 2 is 1.82 bits per heavy atom. The lowest BCUT2D eigenvalue weighted by Crippen LogP contribution is -2.49. The van der Waals surface area contributed by atoms with Gasteiger partial charge in [0.05, 0.1) is 10.4 Å². The van der Waals surface area contributed by atoms with Crippen molar-refractivity contribution in [1.82, 2.24) is 15.0 Å². The van der Waals surface area contributed by atoms with E-state index >= 15 is 0 Å². The first-order chi connectivity index (χ1) is 15.8. The number of carbonyl (C=O) groups is 2. The topological polar surface area (TPSA) is 114 Å². The van der Waals surface area contributed by atoms with Crippen LogP contribution in [0.15, 0.2) is 78.2 Å². The maximum Gasteiger partial charge on any atom is 0.325 e. The van der Waals surface area contributed by atoms with E-state index in [0.717, 1.165) is 16.5 Å². The second-order valence-corrected chi connectivity index (χ2v) is 9.09. The van der Waals surface area contributed by atoms with Gasteiger partial charge in [0.1, 0.15) is 19.2 Å². The Balaban J connectivity index is 1.82. The SMILES string of the molecule is C=CCOC(=O)CNC(=O)C(Cc1ccc2ccccc2n1)NS(=O)(=O)c1ccc(C)cc1. The molecule has 1 aromatic heterocycles. The molecule has 1 amide bonds. The van der Waals surface area contributed by atoms with Crippen molar-refractivity contribution in [2.24, 2.45) is 0 Å². The Morgan fingerprint density at radius 1 is 1.09 bits per heavy atom. The minimum Gasteiger partial charge on any atom is -0.460 e. The summed E-state index contributed by atoms with van der Waals surface area (Å²) in [6, 6.07) is 16.1. The number of carbonyl (C=O) groups excluding carboxylic acids is 2. The summed E-state index contributed by atoms with van der Waals surface area (Å²) in [4.78, 5) is 29.2. The van der Waals surface area contributed by atoms with E-state index in [1.54, 1.807) is 18.2 Å². The first kappa shape index (κ1) is 24.1. The second-order valence-electron chi connectivity index (χ2n) is 7.38. The number of ether oxygens (including phenoxy) is 1. The van der Waals surface area contributed by atoms with Crippen LogP contribution in [0.1, 0.15) is 11.3 Å². The molecule has 0 aliphatic carbocycles. The Hall–Kier alpha value is -3.56. The third-order valence-corrected chi connectivity index (χ3v) is 6.27. The van der Waals surface area contributed by atoms with Gasteiger partial charge in [-0.2, -0.15) is 4.72 Å². The van der Waals surface area contributed by atoms with E-state index in [1.165, 1.54) is 18.2 Å². The fraction of sp³-hybridized carbons (Fsp3) is 0.208. The van der Waals surface area contributed by atoms with Crippen LogP contribution >= 0.6 is 0 Å². The number of hydrogen-bond acceptors (Lipinski definition) is 6. The van der Waals surface area contributed by atoms with Crippen LogP contribution in [0.5, 0.6) is 0 Å². The molecule has 0 bridgehead atoms. The van der Waals surface area contributed by atoms with Gasteiger partial charge in [0.15, 0.2) is 0 Å². The number of aromatic nitrogens is 1. The zero-order valence-corrected chi connectivity index (χ0v) is 19.0. The summed E-state index contributed by atoms with van der Waals surface area (Å²) in [6.07, 6.45) is 1.40. The molecule has 0 aliphatic rings. The van der Waals surface area contributed by atoms with Crippen molar-refractivity contribution in [3.05, 3.63) is 84.6 Å². The molecule has 0 radical (unpaired) electrons. The maximum atomic E-state index is 12.9. The van der Waals surface area contributed by atoms with Crippen LogP contribution in [0, 0.1) is 6.92 Å². The largest absolute Gasteiger partial charge is 0.460 e. The average Bonchev–Trinajstić information content (AvgIpc) is 2.80. The summed E-state index contributed by atoms with van der Waals surface area (Å²) in [5.41, 5.74) is 2.15. The van der Waals surface area contributed by atoms with E-state index in [0.29, 0.717) is 5.69 Å². The van der Waals surface area contributed by atoms with Crippen LogP contribution in [0.25, 0.3) is 10.9 Å². The van der Waals surface area contributed by atoms with Gasteiger partial charge in [-0.05, 0) is 31.2 Å². The number of nitrogens with zero attached hydrogens (tertiary/aromatic N) is 1. The lowest BCUT2D eigenvalue weighted by molar-refractivity contribution is -0.142. The molecule has 0 spiro atoms. The number of para-hydroxylation sites is 1. The predicted molar refractivity (Wildman–Crippen MR) is 125 cm³/mol. The molecule has 172 valence electrons. The van der Waals surface area contributed by atoms with Crippen LogP contribution in [-0.4, -0.2) is 44.5 Å². The van der Waals surface area contributed by atoms with Crippen LogP contribution in [0.2, 0.25) is 0 Å². The van der Waals surface area contributed by atoms with Gasteiger partial charge >= 0.3 is 5.97 Å². The van der Waals surface area contributed by atoms with Gasteiger partial charge in [-0.25, -0.2) is 8.42 Å². The molecule has 3 rings (SSSR count). The van der Waals surface area contributed by atoms with Crippen molar-refractivity contribution in [3.63, 3.8) is 0 Å². The highest BCUT2D eigenvalue weighted by Crippen LogP contribution is 2.15. The number of pyridine rings is 1. The van der Waals surface area contributed by atoms with Crippen molar-refractivity contribution in [1.29, 1.82) is 0 Å². The average molecular weight is 468 g/mol. The van der Waals surface area contributed by atoms with Gasteiger partial charge < -0.3 is 10.1 Å². The predicted octanol–water partition coefficient (Wildman–Crippen LogP) is 2.28. The van der Waals surface area contributed by atoms with E-state index in [1.807, 2.05) is 37.3 Å². The quantitative estimate of drug-likeness (QED) is 0.349. The first-order valence-electron chi connectivity index (χ1n) is 10.3. The van der Waals surface area contributed by atoms with E-state index in [9.17, 15) is 18.0 Å². The van der Waals surface area contributed by atoms with Crippen molar-refractivity contribution < 1.29 is 22.7 Å². The summed E-state index contributed by atoms with van der Waals surface area (Å²) in [5.74, 6) is -1.33. The van der Waals surface area contributed by atoms with Gasteiger partial charge in [0.2, 0.25) is 15.9 Å². The fourth-order valence-corrected chi connectivity index (χ4v) is 4.27. The smallest absolute Gasteiger partial charge is 0.325 e. The van der Waals surface area contributed by atoms with Gasteiger partial charge in [-0.3, -0.25) is 14.6 Å². The number of esters is 1. The zero-order chi connectivity index (χ0) is 23.8. The molecule has 0 fully saturated rings. The summed E-state index contributed by atoms with van der Waals surface area (Å²) in [5, 5.41) is 3.35. The standard InChI is InChI=1S/C24H25N3O5S/c1-3-14-32-23(28)16-25-24(29)22(27-33(30,31)20-12-8-17(2)9-13-20)15-19-11-10-18-6-4-5-7-21(18)26-19/h3-13,22,27H,1,14-16H2,2H3,(H,25,29). The van der Waals surface area contributed by atoms with E-state index < -0.39 is 34.5 Å². The molecule has 9 heteroatoms. The molecule has 1 heterocycles. The Kier molecular flexibility index (Phi) is 7.92. The minimum absolute atomic E-state index is 0.0105.